The van der Waals surface area contributed by atoms with Gasteiger partial charge < -0.3 is 15.2 Å². The molecule has 0 aliphatic carbocycles. The molecule has 0 radical (unpaired) electrons. The summed E-state index contributed by atoms with van der Waals surface area (Å²) in [7, 11) is -2.29. The molecule has 0 aromatic rings. The first-order chi connectivity index (χ1) is 8.45. The van der Waals surface area contributed by atoms with Crippen molar-refractivity contribution in [2.45, 2.75) is 18.9 Å². The lowest BCUT2D eigenvalue weighted by molar-refractivity contribution is -0.134. The van der Waals surface area contributed by atoms with Gasteiger partial charge in [-0.2, -0.15) is 4.31 Å². The van der Waals surface area contributed by atoms with E-state index in [1.54, 1.807) is 0 Å². The highest BCUT2D eigenvalue weighted by Crippen LogP contribution is 2.10. The summed E-state index contributed by atoms with van der Waals surface area (Å²) in [6.45, 7) is 1.62. The van der Waals surface area contributed by atoms with Gasteiger partial charge in [-0.1, -0.05) is 0 Å². The summed E-state index contributed by atoms with van der Waals surface area (Å²) in [4.78, 5) is 10.6. The summed E-state index contributed by atoms with van der Waals surface area (Å²) in [6, 6.07) is 0.102. The fourth-order valence-corrected chi connectivity index (χ4v) is 3.20. The number of methoxy groups -OCH3 is 1. The largest absolute Gasteiger partial charge is 0.480 e. The molecule has 1 aliphatic rings. The molecular formula is C10H20N2O5S. The van der Waals surface area contributed by atoms with E-state index in [4.69, 9.17) is 9.84 Å². The maximum atomic E-state index is 11.9. The van der Waals surface area contributed by atoms with E-state index in [1.807, 2.05) is 0 Å². The zero-order valence-corrected chi connectivity index (χ0v) is 11.3. The van der Waals surface area contributed by atoms with Gasteiger partial charge in [-0.25, -0.2) is 8.42 Å². The van der Waals surface area contributed by atoms with Gasteiger partial charge in [-0.3, -0.25) is 4.79 Å². The molecule has 106 valence electrons. The first kappa shape index (κ1) is 15.4. The Hall–Kier alpha value is -0.700. The summed E-state index contributed by atoms with van der Waals surface area (Å²) >= 11 is 0. The standard InChI is InChI=1S/C10H20N2O5S/c1-17-6-5-12(7-9-3-2-4-11-9)18(15,16)8-10(13)14/h9,11H,2-8H2,1H3,(H,13,14). The Morgan fingerprint density at radius 2 is 2.28 bits per heavy atom. The topological polar surface area (TPSA) is 95.9 Å². The van der Waals surface area contributed by atoms with Crippen LogP contribution in [0.4, 0.5) is 0 Å². The monoisotopic (exact) mass is 280 g/mol. The quantitative estimate of drug-likeness (QED) is 0.598. The minimum absolute atomic E-state index is 0.102. The first-order valence-electron chi connectivity index (χ1n) is 5.87. The molecule has 0 bridgehead atoms. The van der Waals surface area contributed by atoms with E-state index >= 15 is 0 Å². The van der Waals surface area contributed by atoms with Crippen LogP contribution in [0.3, 0.4) is 0 Å². The summed E-state index contributed by atoms with van der Waals surface area (Å²) in [5.41, 5.74) is 0. The van der Waals surface area contributed by atoms with Crippen LogP contribution in [0.1, 0.15) is 12.8 Å². The lowest BCUT2D eigenvalue weighted by Crippen LogP contribution is -2.44. The van der Waals surface area contributed by atoms with Gasteiger partial charge >= 0.3 is 5.97 Å². The molecule has 1 rings (SSSR count). The molecule has 1 saturated heterocycles. The fraction of sp³-hybridized carbons (Fsp3) is 0.900. The van der Waals surface area contributed by atoms with Gasteiger partial charge in [0.1, 0.15) is 0 Å². The highest BCUT2D eigenvalue weighted by molar-refractivity contribution is 7.89. The summed E-state index contributed by atoms with van der Waals surface area (Å²) in [5.74, 6) is -2.21. The molecule has 18 heavy (non-hydrogen) atoms. The van der Waals surface area contributed by atoms with Crippen molar-refractivity contribution in [2.24, 2.45) is 0 Å². The minimum atomic E-state index is -3.77. The summed E-state index contributed by atoms with van der Waals surface area (Å²) < 4.78 is 29.9. The van der Waals surface area contributed by atoms with Gasteiger partial charge in [-0.15, -0.1) is 0 Å². The van der Waals surface area contributed by atoms with Crippen molar-refractivity contribution >= 4 is 16.0 Å². The normalized spacial score (nSPS) is 20.4. The molecule has 0 saturated carbocycles. The summed E-state index contributed by atoms with van der Waals surface area (Å²) in [6.07, 6.45) is 1.92. The number of aliphatic carboxylic acids is 1. The zero-order valence-electron chi connectivity index (χ0n) is 10.5. The van der Waals surface area contributed by atoms with Crippen molar-refractivity contribution in [1.82, 2.24) is 9.62 Å². The molecule has 8 heteroatoms. The Balaban J connectivity index is 2.66. The molecular weight excluding hydrogens is 260 g/mol. The molecule has 1 aliphatic heterocycles. The van der Waals surface area contributed by atoms with Crippen LogP contribution < -0.4 is 5.32 Å². The summed E-state index contributed by atoms with van der Waals surface area (Å²) in [5, 5.41) is 11.8. The SMILES string of the molecule is COCCN(CC1CCCN1)S(=O)(=O)CC(=O)O. The number of hydrogen-bond donors (Lipinski definition) is 2. The van der Waals surface area contributed by atoms with Crippen LogP contribution in [0.2, 0.25) is 0 Å². The number of nitrogens with zero attached hydrogens (tertiary/aromatic N) is 1. The number of nitrogens with one attached hydrogen (secondary N) is 1. The average molecular weight is 280 g/mol. The van der Waals surface area contributed by atoms with Gasteiger partial charge in [0.15, 0.2) is 5.75 Å². The van der Waals surface area contributed by atoms with Gasteiger partial charge in [-0.05, 0) is 19.4 Å². The van der Waals surface area contributed by atoms with Crippen molar-refractivity contribution < 1.29 is 23.1 Å². The Bertz CT molecular complexity index is 364. The maximum absolute atomic E-state index is 11.9. The molecule has 1 atom stereocenters. The van der Waals surface area contributed by atoms with E-state index in [1.165, 1.54) is 11.4 Å². The van der Waals surface area contributed by atoms with Gasteiger partial charge in [0, 0.05) is 26.2 Å². The Morgan fingerprint density at radius 1 is 1.56 bits per heavy atom. The van der Waals surface area contributed by atoms with E-state index in [-0.39, 0.29) is 19.2 Å². The third-order valence-electron chi connectivity index (χ3n) is 2.83. The van der Waals surface area contributed by atoms with E-state index in [2.05, 4.69) is 5.32 Å². The number of ether oxygens (including phenoxy) is 1. The number of carboxylic acids is 1. The predicted octanol–water partition coefficient (Wildman–Crippen LogP) is -0.899. The molecule has 2 N–H and O–H groups in total. The minimum Gasteiger partial charge on any atom is -0.480 e. The number of sulfonamides is 1. The van der Waals surface area contributed by atoms with Gasteiger partial charge in [0.25, 0.3) is 0 Å². The highest BCUT2D eigenvalue weighted by atomic mass is 32.2. The molecule has 1 unspecified atom stereocenters. The third-order valence-corrected chi connectivity index (χ3v) is 4.56. The molecule has 1 heterocycles. The fourth-order valence-electron chi connectivity index (χ4n) is 1.94. The highest BCUT2D eigenvalue weighted by Gasteiger charge is 2.28. The Kier molecular flexibility index (Phi) is 6.00. The third kappa shape index (κ3) is 4.89. The second-order valence-electron chi connectivity index (χ2n) is 4.29. The Morgan fingerprint density at radius 3 is 2.78 bits per heavy atom. The van der Waals surface area contributed by atoms with Crippen molar-refractivity contribution in [1.29, 1.82) is 0 Å². The van der Waals surface area contributed by atoms with E-state index < -0.39 is 21.7 Å². The molecule has 1 fully saturated rings. The molecule has 7 nitrogen and oxygen atoms in total. The van der Waals surface area contributed by atoms with Crippen LogP contribution in [-0.2, 0) is 19.6 Å². The van der Waals surface area contributed by atoms with Gasteiger partial charge in [0.2, 0.25) is 10.0 Å². The predicted molar refractivity (Wildman–Crippen MR) is 65.9 cm³/mol. The van der Waals surface area contributed by atoms with Crippen LogP contribution in [-0.4, -0.2) is 68.9 Å². The van der Waals surface area contributed by atoms with Crippen molar-refractivity contribution in [2.75, 3.05) is 39.1 Å². The van der Waals surface area contributed by atoms with Crippen LogP contribution in [0.15, 0.2) is 0 Å². The molecule has 0 aromatic carbocycles. The number of rotatable bonds is 8. The number of carboxylic acid groups (broad SMARTS) is 1. The van der Waals surface area contributed by atoms with Crippen LogP contribution in [0.5, 0.6) is 0 Å². The van der Waals surface area contributed by atoms with E-state index in [0.717, 1.165) is 19.4 Å². The van der Waals surface area contributed by atoms with Crippen LogP contribution in [0, 0.1) is 0 Å². The molecule has 0 aromatic heterocycles. The molecule has 0 spiro atoms. The number of carbonyl (C=O) groups is 1. The second kappa shape index (κ2) is 7.03. The number of hydrogen-bond acceptors (Lipinski definition) is 5. The maximum Gasteiger partial charge on any atom is 0.320 e. The van der Waals surface area contributed by atoms with Crippen LogP contribution in [0.25, 0.3) is 0 Å². The van der Waals surface area contributed by atoms with Crippen molar-refractivity contribution in [3.05, 3.63) is 0 Å². The first-order valence-corrected chi connectivity index (χ1v) is 7.48. The lowest BCUT2D eigenvalue weighted by atomic mass is 10.2. The average Bonchev–Trinajstić information content (AvgIpc) is 2.74. The smallest absolute Gasteiger partial charge is 0.320 e. The van der Waals surface area contributed by atoms with Gasteiger partial charge in [0.05, 0.1) is 6.61 Å². The Labute approximate surface area is 107 Å². The van der Waals surface area contributed by atoms with E-state index in [9.17, 15) is 13.2 Å². The zero-order chi connectivity index (χ0) is 13.6. The van der Waals surface area contributed by atoms with Crippen LogP contribution >= 0.6 is 0 Å². The lowest BCUT2D eigenvalue weighted by Gasteiger charge is -2.24. The molecule has 0 amide bonds. The van der Waals surface area contributed by atoms with Crippen molar-refractivity contribution in [3.63, 3.8) is 0 Å². The van der Waals surface area contributed by atoms with E-state index in [0.29, 0.717) is 6.54 Å². The second-order valence-corrected chi connectivity index (χ2v) is 6.26. The van der Waals surface area contributed by atoms with Crippen molar-refractivity contribution in [3.8, 4) is 0 Å².